The van der Waals surface area contributed by atoms with Gasteiger partial charge in [-0.1, -0.05) is 60.7 Å². The van der Waals surface area contributed by atoms with Gasteiger partial charge in [-0.05, 0) is 79.4 Å². The second-order valence-corrected chi connectivity index (χ2v) is 11.9. The van der Waals surface area contributed by atoms with Gasteiger partial charge in [0.2, 0.25) is 0 Å². The van der Waals surface area contributed by atoms with Gasteiger partial charge in [0, 0.05) is 5.56 Å². The van der Waals surface area contributed by atoms with Crippen molar-refractivity contribution in [3.8, 4) is 5.75 Å². The highest BCUT2D eigenvalue weighted by atomic mass is 35.5. The topological polar surface area (TPSA) is 9.23 Å². The maximum Gasteiger partial charge on any atom is 0.122 e. The van der Waals surface area contributed by atoms with E-state index < -0.39 is 7.26 Å². The van der Waals surface area contributed by atoms with Crippen LogP contribution in [0.2, 0.25) is 0 Å². The van der Waals surface area contributed by atoms with Gasteiger partial charge < -0.3 is 17.1 Å². The quantitative estimate of drug-likeness (QED) is 0.273. The van der Waals surface area contributed by atoms with Gasteiger partial charge in [-0.15, -0.1) is 6.58 Å². The van der Waals surface area contributed by atoms with Crippen molar-refractivity contribution in [2.24, 2.45) is 0 Å². The molecule has 1 nitrogen and oxygen atoms in total. The predicted molar refractivity (Wildman–Crippen MR) is 145 cm³/mol. The lowest BCUT2D eigenvalue weighted by atomic mass is 9.95. The number of aryl methyl sites for hydroxylation is 1. The number of hydrogen-bond acceptors (Lipinski definition) is 1. The van der Waals surface area contributed by atoms with E-state index in [0.29, 0.717) is 0 Å². The Balaban J connectivity index is 0.00000324. The lowest BCUT2D eigenvalue weighted by molar-refractivity contribution is -0.00000692. The van der Waals surface area contributed by atoms with Crippen LogP contribution >= 0.6 is 7.26 Å². The number of rotatable bonds is 8. The van der Waals surface area contributed by atoms with Crippen molar-refractivity contribution in [3.05, 3.63) is 132 Å². The smallest absolute Gasteiger partial charge is 0.122 e. The summed E-state index contributed by atoms with van der Waals surface area (Å²) in [7, 11) is -0.198. The zero-order chi connectivity index (χ0) is 23.3. The summed E-state index contributed by atoms with van der Waals surface area (Å²) in [5, 5.41) is 4.21. The van der Waals surface area contributed by atoms with E-state index in [2.05, 4.69) is 117 Å². The monoisotopic (exact) mass is 486 g/mol. The molecular formula is C31H32ClOP. The maximum absolute atomic E-state index is 5.76. The largest absolute Gasteiger partial charge is 1.00 e. The lowest BCUT2D eigenvalue weighted by Gasteiger charge is -2.29. The Morgan fingerprint density at radius 1 is 0.735 bits per heavy atom. The van der Waals surface area contributed by atoms with E-state index >= 15 is 0 Å². The summed E-state index contributed by atoms with van der Waals surface area (Å²) >= 11 is 0. The first-order valence-corrected chi connectivity index (χ1v) is 13.4. The molecule has 0 radical (unpaired) electrons. The number of ether oxygens (including phenoxy) is 1. The molecule has 0 N–H and O–H groups in total. The van der Waals surface area contributed by atoms with Crippen LogP contribution in [0.25, 0.3) is 0 Å². The molecule has 0 amide bonds. The van der Waals surface area contributed by atoms with E-state index in [0.717, 1.165) is 18.3 Å². The molecule has 0 aromatic heterocycles. The highest BCUT2D eigenvalue weighted by Gasteiger charge is 2.46. The molecule has 0 saturated carbocycles. The van der Waals surface area contributed by atoms with Crippen LogP contribution in [-0.2, 0) is 12.6 Å². The van der Waals surface area contributed by atoms with Crippen molar-refractivity contribution >= 4 is 23.2 Å². The molecule has 0 atom stereocenters. The third-order valence-corrected chi connectivity index (χ3v) is 10.9. The zero-order valence-corrected chi connectivity index (χ0v) is 21.8. The molecule has 0 aliphatic rings. The van der Waals surface area contributed by atoms with Crippen molar-refractivity contribution in [1.29, 1.82) is 0 Å². The molecule has 0 fully saturated rings. The fourth-order valence-corrected chi connectivity index (χ4v) is 9.31. The third kappa shape index (κ3) is 4.83. The minimum atomic E-state index is -1.96. The van der Waals surface area contributed by atoms with Crippen LogP contribution in [0.5, 0.6) is 5.75 Å². The molecule has 0 heterocycles. The molecule has 0 aliphatic heterocycles. The fourth-order valence-electron chi connectivity index (χ4n) is 4.86. The van der Waals surface area contributed by atoms with Gasteiger partial charge in [0.15, 0.2) is 0 Å². The number of benzene rings is 4. The van der Waals surface area contributed by atoms with Crippen LogP contribution in [0.3, 0.4) is 0 Å². The van der Waals surface area contributed by atoms with Crippen molar-refractivity contribution in [3.63, 3.8) is 0 Å². The number of allylic oxidation sites excluding steroid dienone is 1. The SMILES string of the molecule is C=CCc1c(OC)cc(C)c(C[P+](c2ccccc2)(c2ccccc2)c2ccccc2)c1C.[Cl-]. The van der Waals surface area contributed by atoms with E-state index in [-0.39, 0.29) is 12.4 Å². The lowest BCUT2D eigenvalue weighted by Crippen LogP contribution is -3.00. The second kappa shape index (κ2) is 11.5. The van der Waals surface area contributed by atoms with E-state index in [1.807, 2.05) is 6.08 Å². The first-order chi connectivity index (χ1) is 16.1. The predicted octanol–water partition coefficient (Wildman–Crippen LogP) is 3.54. The van der Waals surface area contributed by atoms with Gasteiger partial charge in [0.1, 0.15) is 28.9 Å². The Morgan fingerprint density at radius 3 is 1.56 bits per heavy atom. The van der Waals surface area contributed by atoms with E-state index in [9.17, 15) is 0 Å². The first kappa shape index (κ1) is 25.8. The van der Waals surface area contributed by atoms with Crippen LogP contribution in [0.1, 0.15) is 22.3 Å². The zero-order valence-electron chi connectivity index (χ0n) is 20.2. The van der Waals surface area contributed by atoms with Crippen LogP contribution in [0, 0.1) is 13.8 Å². The molecule has 34 heavy (non-hydrogen) atoms. The molecular weight excluding hydrogens is 455 g/mol. The summed E-state index contributed by atoms with van der Waals surface area (Å²) < 4.78 is 5.76. The summed E-state index contributed by atoms with van der Waals surface area (Å²) in [4.78, 5) is 0. The van der Waals surface area contributed by atoms with E-state index in [1.54, 1.807) is 7.11 Å². The number of halogens is 1. The Labute approximate surface area is 211 Å². The van der Waals surface area contributed by atoms with Crippen molar-refractivity contribution in [2.75, 3.05) is 7.11 Å². The van der Waals surface area contributed by atoms with Crippen LogP contribution in [0.15, 0.2) is 110 Å². The van der Waals surface area contributed by atoms with Gasteiger partial charge >= 0.3 is 0 Å². The average Bonchev–Trinajstić information content (AvgIpc) is 2.87. The summed E-state index contributed by atoms with van der Waals surface area (Å²) in [5.74, 6) is 0.955. The molecule has 174 valence electrons. The van der Waals surface area contributed by atoms with Gasteiger partial charge in [-0.3, -0.25) is 0 Å². The van der Waals surface area contributed by atoms with Crippen LogP contribution in [0.4, 0.5) is 0 Å². The molecule has 4 rings (SSSR count). The Morgan fingerprint density at radius 2 is 1.18 bits per heavy atom. The molecule has 0 aliphatic carbocycles. The molecule has 0 saturated heterocycles. The summed E-state index contributed by atoms with van der Waals surface area (Å²) in [6.07, 6.45) is 3.74. The Hall–Kier alpha value is -2.86. The van der Waals surface area contributed by atoms with Crippen LogP contribution < -0.4 is 33.1 Å². The molecule has 0 unspecified atom stereocenters. The molecule has 0 bridgehead atoms. The molecule has 4 aromatic rings. The summed E-state index contributed by atoms with van der Waals surface area (Å²) in [5.41, 5.74) is 5.25. The number of hydrogen-bond donors (Lipinski definition) is 0. The average molecular weight is 487 g/mol. The van der Waals surface area contributed by atoms with E-state index in [4.69, 9.17) is 4.74 Å². The summed E-state index contributed by atoms with van der Waals surface area (Å²) in [6, 6.07) is 35.5. The molecule has 3 heteroatoms. The van der Waals surface area contributed by atoms with Gasteiger partial charge in [-0.2, -0.15) is 0 Å². The highest BCUT2D eigenvalue weighted by molar-refractivity contribution is 7.95. The van der Waals surface area contributed by atoms with Crippen molar-refractivity contribution in [2.45, 2.75) is 26.4 Å². The first-order valence-electron chi connectivity index (χ1n) is 11.4. The summed E-state index contributed by atoms with van der Waals surface area (Å²) in [6.45, 7) is 8.46. The normalized spacial score (nSPS) is 10.9. The third-order valence-electron chi connectivity index (χ3n) is 6.58. The maximum atomic E-state index is 5.76. The van der Waals surface area contributed by atoms with Crippen molar-refractivity contribution in [1.82, 2.24) is 0 Å². The standard InChI is InChI=1S/C31H32OP.ClH/c1-5-15-29-25(3)30(24(2)22-31(29)32-4)23-33(26-16-9-6-10-17-26,27-18-11-7-12-19-27)28-20-13-8-14-21-28;/h5-14,16-22H,1,15,23H2,2-4H3;1H/q+1;/p-1. The van der Waals surface area contributed by atoms with Gasteiger partial charge in [0.05, 0.1) is 13.3 Å². The van der Waals surface area contributed by atoms with E-state index in [1.165, 1.54) is 38.2 Å². The Kier molecular flexibility index (Phi) is 8.72. The second-order valence-electron chi connectivity index (χ2n) is 8.45. The van der Waals surface area contributed by atoms with Crippen LogP contribution in [-0.4, -0.2) is 7.11 Å². The highest BCUT2D eigenvalue weighted by Crippen LogP contribution is 2.59. The Bertz CT molecular complexity index is 1120. The van der Waals surface area contributed by atoms with Gasteiger partial charge in [-0.25, -0.2) is 0 Å². The van der Waals surface area contributed by atoms with Gasteiger partial charge in [0.25, 0.3) is 0 Å². The van der Waals surface area contributed by atoms with Crippen molar-refractivity contribution < 1.29 is 17.1 Å². The molecule has 4 aromatic carbocycles. The minimum absolute atomic E-state index is 0. The molecule has 0 spiro atoms. The fraction of sp³-hybridized carbons (Fsp3) is 0.161. The minimum Gasteiger partial charge on any atom is -1.00 e. The number of methoxy groups -OCH3 is 1.